The molecule has 0 aromatic heterocycles. The molecule has 0 spiro atoms. The summed E-state index contributed by atoms with van der Waals surface area (Å²) in [6.45, 7) is 10.1. The van der Waals surface area contributed by atoms with Gasteiger partial charge in [0.05, 0.1) is 6.10 Å². The van der Waals surface area contributed by atoms with Crippen molar-refractivity contribution in [1.82, 2.24) is 4.90 Å². The lowest BCUT2D eigenvalue weighted by molar-refractivity contribution is -0.0122. The molecule has 0 saturated heterocycles. The molecular formula is C14H29NO. The molecule has 1 saturated carbocycles. The van der Waals surface area contributed by atoms with Crippen LogP contribution in [0.1, 0.15) is 59.8 Å². The Balaban J connectivity index is 2.65. The van der Waals surface area contributed by atoms with E-state index in [-0.39, 0.29) is 6.10 Å². The third-order valence-corrected chi connectivity index (χ3v) is 4.42. The molecule has 2 heteroatoms. The average Bonchev–Trinajstić information content (AvgIpc) is 2.32. The molecule has 0 bridgehead atoms. The summed E-state index contributed by atoms with van der Waals surface area (Å²) >= 11 is 0. The Kier molecular flexibility index (Phi) is 5.77. The molecular weight excluding hydrogens is 198 g/mol. The number of likely N-dealkylation sites (N-methyl/N-ethyl adjacent to an activating group) is 1. The van der Waals surface area contributed by atoms with E-state index in [1.54, 1.807) is 0 Å². The summed E-state index contributed by atoms with van der Waals surface area (Å²) in [5, 5.41) is 10.2. The minimum absolute atomic E-state index is 0.100. The van der Waals surface area contributed by atoms with Crippen molar-refractivity contribution in [1.29, 1.82) is 0 Å². The lowest BCUT2D eigenvalue weighted by atomic mass is 9.81. The zero-order valence-electron chi connectivity index (χ0n) is 11.4. The predicted octanol–water partition coefficient (Wildman–Crippen LogP) is 3.05. The van der Waals surface area contributed by atoms with E-state index in [0.717, 1.165) is 18.9 Å². The van der Waals surface area contributed by atoms with Crippen molar-refractivity contribution >= 4 is 0 Å². The molecule has 0 amide bonds. The Morgan fingerprint density at radius 1 is 1.25 bits per heavy atom. The molecule has 4 atom stereocenters. The van der Waals surface area contributed by atoms with Gasteiger partial charge in [-0.05, 0) is 45.1 Å². The largest absolute Gasteiger partial charge is 0.391 e. The molecule has 1 aliphatic carbocycles. The molecule has 16 heavy (non-hydrogen) atoms. The van der Waals surface area contributed by atoms with Gasteiger partial charge in [0.25, 0.3) is 0 Å². The monoisotopic (exact) mass is 227 g/mol. The third-order valence-electron chi connectivity index (χ3n) is 4.42. The zero-order valence-corrected chi connectivity index (χ0v) is 11.4. The minimum Gasteiger partial charge on any atom is -0.391 e. The lowest BCUT2D eigenvalue weighted by Crippen LogP contribution is -2.50. The van der Waals surface area contributed by atoms with Crippen LogP contribution in [-0.4, -0.2) is 34.7 Å². The van der Waals surface area contributed by atoms with Gasteiger partial charge in [-0.1, -0.05) is 27.2 Å². The second kappa shape index (κ2) is 6.61. The first-order valence-corrected chi connectivity index (χ1v) is 7.07. The van der Waals surface area contributed by atoms with Crippen molar-refractivity contribution in [2.75, 3.05) is 6.54 Å². The van der Waals surface area contributed by atoms with Gasteiger partial charge >= 0.3 is 0 Å². The van der Waals surface area contributed by atoms with Crippen molar-refractivity contribution in [3.8, 4) is 0 Å². The van der Waals surface area contributed by atoms with Crippen LogP contribution in [0.25, 0.3) is 0 Å². The fraction of sp³-hybridized carbons (Fsp3) is 1.00. The molecule has 1 fully saturated rings. The molecule has 1 N–H and O–H groups in total. The highest BCUT2D eigenvalue weighted by Gasteiger charge is 2.33. The molecule has 0 aliphatic heterocycles. The number of aliphatic hydroxyl groups excluding tert-OH is 1. The van der Waals surface area contributed by atoms with Crippen LogP contribution in [0.5, 0.6) is 0 Å². The van der Waals surface area contributed by atoms with E-state index in [1.165, 1.54) is 25.7 Å². The molecule has 2 nitrogen and oxygen atoms in total. The van der Waals surface area contributed by atoms with Gasteiger partial charge in [0.1, 0.15) is 0 Å². The molecule has 0 radical (unpaired) electrons. The maximum absolute atomic E-state index is 10.2. The average molecular weight is 227 g/mol. The standard InChI is InChI=1S/C14H29NO/c1-5-11(4)15(7-3)13-10-12(6-2)8-9-14(13)16/h11-14,16H,5-10H2,1-4H3. The Morgan fingerprint density at radius 2 is 1.94 bits per heavy atom. The van der Waals surface area contributed by atoms with Gasteiger partial charge in [-0.3, -0.25) is 4.90 Å². The molecule has 96 valence electrons. The van der Waals surface area contributed by atoms with Crippen LogP contribution in [0.4, 0.5) is 0 Å². The Bertz CT molecular complexity index is 195. The van der Waals surface area contributed by atoms with E-state index < -0.39 is 0 Å². The maximum Gasteiger partial charge on any atom is 0.0695 e. The number of aliphatic hydroxyl groups is 1. The number of nitrogens with zero attached hydrogens (tertiary/aromatic N) is 1. The first-order chi connectivity index (χ1) is 7.63. The summed E-state index contributed by atoms with van der Waals surface area (Å²) in [6.07, 6.45) is 5.74. The van der Waals surface area contributed by atoms with Gasteiger partial charge in [-0.15, -0.1) is 0 Å². The van der Waals surface area contributed by atoms with Crippen molar-refractivity contribution in [2.45, 2.75) is 78.0 Å². The summed E-state index contributed by atoms with van der Waals surface area (Å²) in [7, 11) is 0. The fourth-order valence-electron chi connectivity index (χ4n) is 3.05. The molecule has 0 aromatic carbocycles. The van der Waals surface area contributed by atoms with E-state index in [9.17, 15) is 5.11 Å². The summed E-state index contributed by atoms with van der Waals surface area (Å²) in [4.78, 5) is 2.51. The van der Waals surface area contributed by atoms with Crippen LogP contribution >= 0.6 is 0 Å². The van der Waals surface area contributed by atoms with E-state index >= 15 is 0 Å². The van der Waals surface area contributed by atoms with Gasteiger partial charge in [-0.25, -0.2) is 0 Å². The van der Waals surface area contributed by atoms with Crippen molar-refractivity contribution in [3.63, 3.8) is 0 Å². The van der Waals surface area contributed by atoms with Gasteiger partial charge < -0.3 is 5.11 Å². The van der Waals surface area contributed by atoms with Gasteiger partial charge in [0, 0.05) is 12.1 Å². The van der Waals surface area contributed by atoms with Crippen LogP contribution in [0.15, 0.2) is 0 Å². The SMILES string of the molecule is CCC1CCC(O)C(N(CC)C(C)CC)C1. The topological polar surface area (TPSA) is 23.5 Å². The van der Waals surface area contributed by atoms with E-state index in [2.05, 4.69) is 32.6 Å². The first kappa shape index (κ1) is 14.0. The van der Waals surface area contributed by atoms with Crippen LogP contribution in [-0.2, 0) is 0 Å². The number of rotatable bonds is 5. The summed E-state index contributed by atoms with van der Waals surface area (Å²) in [5.41, 5.74) is 0. The van der Waals surface area contributed by atoms with Crippen molar-refractivity contribution in [2.24, 2.45) is 5.92 Å². The molecule has 4 unspecified atom stereocenters. The minimum atomic E-state index is -0.100. The normalized spacial score (nSPS) is 33.0. The predicted molar refractivity (Wildman–Crippen MR) is 69.6 cm³/mol. The first-order valence-electron chi connectivity index (χ1n) is 7.07. The highest BCUT2D eigenvalue weighted by atomic mass is 16.3. The molecule has 1 rings (SSSR count). The molecule has 1 aliphatic rings. The molecule has 0 aromatic rings. The number of hydrogen-bond acceptors (Lipinski definition) is 2. The smallest absolute Gasteiger partial charge is 0.0695 e. The summed E-state index contributed by atoms with van der Waals surface area (Å²) in [6, 6.07) is 0.999. The number of hydrogen-bond donors (Lipinski definition) is 1. The van der Waals surface area contributed by atoms with Crippen LogP contribution < -0.4 is 0 Å². The van der Waals surface area contributed by atoms with Gasteiger partial charge in [0.15, 0.2) is 0 Å². The quantitative estimate of drug-likeness (QED) is 0.780. The van der Waals surface area contributed by atoms with Crippen molar-refractivity contribution < 1.29 is 5.11 Å². The second-order valence-corrected chi connectivity index (χ2v) is 5.31. The Morgan fingerprint density at radius 3 is 2.44 bits per heavy atom. The van der Waals surface area contributed by atoms with Crippen LogP contribution in [0.2, 0.25) is 0 Å². The van der Waals surface area contributed by atoms with E-state index in [0.29, 0.717) is 12.1 Å². The Hall–Kier alpha value is -0.0800. The highest BCUT2D eigenvalue weighted by Crippen LogP contribution is 2.31. The van der Waals surface area contributed by atoms with Crippen molar-refractivity contribution in [3.05, 3.63) is 0 Å². The maximum atomic E-state index is 10.2. The highest BCUT2D eigenvalue weighted by molar-refractivity contribution is 4.88. The summed E-state index contributed by atoms with van der Waals surface area (Å²) in [5.74, 6) is 0.825. The van der Waals surface area contributed by atoms with E-state index in [1.807, 2.05) is 0 Å². The van der Waals surface area contributed by atoms with E-state index in [4.69, 9.17) is 0 Å². The van der Waals surface area contributed by atoms with Crippen LogP contribution in [0, 0.1) is 5.92 Å². The van der Waals surface area contributed by atoms with Gasteiger partial charge in [-0.2, -0.15) is 0 Å². The Labute approximate surface area is 101 Å². The molecule has 0 heterocycles. The second-order valence-electron chi connectivity index (χ2n) is 5.31. The zero-order chi connectivity index (χ0) is 12.1. The summed E-state index contributed by atoms with van der Waals surface area (Å²) < 4.78 is 0. The lowest BCUT2D eigenvalue weighted by Gasteiger charge is -2.42. The van der Waals surface area contributed by atoms with Gasteiger partial charge in [0.2, 0.25) is 0 Å². The fourth-order valence-corrected chi connectivity index (χ4v) is 3.05. The van der Waals surface area contributed by atoms with Crippen LogP contribution in [0.3, 0.4) is 0 Å². The third kappa shape index (κ3) is 3.21.